The number of hydrogen-bond donors (Lipinski definition) is 0. The molecule has 8 heteroatoms. The van der Waals surface area contributed by atoms with Gasteiger partial charge in [-0.1, -0.05) is 97.1 Å². The van der Waals surface area contributed by atoms with Gasteiger partial charge in [0.15, 0.2) is 0 Å². The minimum Gasteiger partial charge on any atom is -0.490 e. The Labute approximate surface area is 315 Å². The molecule has 7 rings (SSSR count). The smallest absolute Gasteiger partial charge is 0.139 e. The van der Waals surface area contributed by atoms with E-state index in [2.05, 4.69) is 0 Å². The Morgan fingerprint density at radius 1 is 0.241 bits per heavy atom. The van der Waals surface area contributed by atoms with Gasteiger partial charge in [-0.25, -0.2) is 0 Å². The van der Waals surface area contributed by atoms with E-state index >= 15 is 0 Å². The van der Waals surface area contributed by atoms with Crippen LogP contribution in [0.25, 0.3) is 21.5 Å². The second-order valence-electron chi connectivity index (χ2n) is 12.1. The third-order valence-electron chi connectivity index (χ3n) is 8.39. The SMILES string of the molecule is c1ccc(OCCOc2ccc(OCCOc3ccccc3)c3c(OCCOc4ccccc4)c4ccccc4c(OCCOc4ccccc4)c23)cc1. The Bertz CT molecular complexity index is 2020. The monoisotopic (exact) mass is 722 g/mol. The van der Waals surface area contributed by atoms with Gasteiger partial charge in [0.25, 0.3) is 0 Å². The van der Waals surface area contributed by atoms with Crippen LogP contribution in [0.1, 0.15) is 0 Å². The molecule has 0 heterocycles. The Kier molecular flexibility index (Phi) is 12.5. The maximum Gasteiger partial charge on any atom is 0.139 e. The van der Waals surface area contributed by atoms with Gasteiger partial charge in [-0.05, 0) is 60.7 Å². The Morgan fingerprint density at radius 3 is 0.815 bits per heavy atom. The molecule has 0 aliphatic heterocycles. The Balaban J connectivity index is 1.23. The first-order valence-electron chi connectivity index (χ1n) is 18.1. The van der Waals surface area contributed by atoms with Gasteiger partial charge in [-0.15, -0.1) is 0 Å². The highest BCUT2D eigenvalue weighted by atomic mass is 16.5. The largest absolute Gasteiger partial charge is 0.490 e. The summed E-state index contributed by atoms with van der Waals surface area (Å²) < 4.78 is 50.2. The van der Waals surface area contributed by atoms with Crippen molar-refractivity contribution < 1.29 is 37.9 Å². The summed E-state index contributed by atoms with van der Waals surface area (Å²) in [5.74, 6) is 5.56. The summed E-state index contributed by atoms with van der Waals surface area (Å²) in [7, 11) is 0. The van der Waals surface area contributed by atoms with Gasteiger partial charge in [-0.2, -0.15) is 0 Å². The van der Waals surface area contributed by atoms with Crippen molar-refractivity contribution in [3.05, 3.63) is 158 Å². The first-order chi connectivity index (χ1) is 26.8. The highest BCUT2D eigenvalue weighted by Gasteiger charge is 2.24. The van der Waals surface area contributed by atoms with E-state index in [9.17, 15) is 0 Å². The molecule has 0 fully saturated rings. The second kappa shape index (κ2) is 18.8. The number of hydrogen-bond acceptors (Lipinski definition) is 8. The van der Waals surface area contributed by atoms with Crippen molar-refractivity contribution in [3.8, 4) is 46.0 Å². The zero-order chi connectivity index (χ0) is 36.6. The zero-order valence-electron chi connectivity index (χ0n) is 29.9. The fourth-order valence-electron chi connectivity index (χ4n) is 6.00. The van der Waals surface area contributed by atoms with Gasteiger partial charge in [0.1, 0.15) is 98.9 Å². The Morgan fingerprint density at radius 2 is 0.500 bits per heavy atom. The van der Waals surface area contributed by atoms with E-state index in [-0.39, 0.29) is 13.2 Å². The van der Waals surface area contributed by atoms with Crippen LogP contribution in [0.4, 0.5) is 0 Å². The van der Waals surface area contributed by atoms with Crippen LogP contribution in [0.3, 0.4) is 0 Å². The van der Waals surface area contributed by atoms with Gasteiger partial charge in [0.05, 0.1) is 10.8 Å². The van der Waals surface area contributed by atoms with Crippen LogP contribution in [0.15, 0.2) is 158 Å². The molecule has 0 aliphatic rings. The summed E-state index contributed by atoms with van der Waals surface area (Å²) >= 11 is 0. The molecular formula is C46H42O8. The van der Waals surface area contributed by atoms with Crippen molar-refractivity contribution in [2.75, 3.05) is 52.9 Å². The number of para-hydroxylation sites is 4. The van der Waals surface area contributed by atoms with E-state index in [0.717, 1.165) is 33.8 Å². The molecule has 0 spiro atoms. The molecule has 7 aromatic rings. The molecule has 0 aromatic heterocycles. The average Bonchev–Trinajstić information content (AvgIpc) is 3.23. The second-order valence-corrected chi connectivity index (χ2v) is 12.1. The standard InChI is InChI=1S/C46H42O8/c1-5-15-35(16-6-1)47-27-31-51-41-25-26-42(52-32-28-48-36-17-7-2-8-18-36)44-43(41)45(53-33-29-49-37-19-9-3-10-20-37)39-23-13-14-24-40(39)46(44)54-34-30-50-38-21-11-4-12-22-38/h1-26H,27-34H2. The molecule has 54 heavy (non-hydrogen) atoms. The van der Waals surface area contributed by atoms with E-state index in [0.29, 0.717) is 73.4 Å². The molecule has 0 N–H and O–H groups in total. The summed E-state index contributed by atoms with van der Waals surface area (Å²) in [6.07, 6.45) is 0. The first-order valence-corrected chi connectivity index (χ1v) is 18.1. The van der Waals surface area contributed by atoms with E-state index < -0.39 is 0 Å². The molecule has 8 nitrogen and oxygen atoms in total. The molecule has 0 bridgehead atoms. The molecule has 0 unspecified atom stereocenters. The highest BCUT2D eigenvalue weighted by Crippen LogP contribution is 2.50. The summed E-state index contributed by atoms with van der Waals surface area (Å²) in [5, 5.41) is 3.15. The van der Waals surface area contributed by atoms with E-state index in [1.54, 1.807) is 0 Å². The topological polar surface area (TPSA) is 73.8 Å². The van der Waals surface area contributed by atoms with Crippen molar-refractivity contribution >= 4 is 21.5 Å². The Hall–Kier alpha value is -6.54. The lowest BCUT2D eigenvalue weighted by molar-refractivity contribution is 0.210. The summed E-state index contributed by atoms with van der Waals surface area (Å²) in [5.41, 5.74) is 0. The molecule has 0 saturated carbocycles. The van der Waals surface area contributed by atoms with Crippen molar-refractivity contribution in [1.29, 1.82) is 0 Å². The van der Waals surface area contributed by atoms with Crippen molar-refractivity contribution in [3.63, 3.8) is 0 Å². The predicted molar refractivity (Wildman–Crippen MR) is 211 cm³/mol. The summed E-state index contributed by atoms with van der Waals surface area (Å²) in [6, 6.07) is 50.6. The lowest BCUT2D eigenvalue weighted by Crippen LogP contribution is -2.13. The average molecular weight is 723 g/mol. The minimum absolute atomic E-state index is 0.283. The van der Waals surface area contributed by atoms with Crippen LogP contribution >= 0.6 is 0 Å². The predicted octanol–water partition coefficient (Wildman–Crippen LogP) is 9.82. The summed E-state index contributed by atoms with van der Waals surface area (Å²) in [4.78, 5) is 0. The highest BCUT2D eigenvalue weighted by molar-refractivity contribution is 6.15. The van der Waals surface area contributed by atoms with Gasteiger partial charge in [0, 0.05) is 10.8 Å². The molecule has 0 amide bonds. The maximum atomic E-state index is 6.65. The fourth-order valence-corrected chi connectivity index (χ4v) is 6.00. The van der Waals surface area contributed by atoms with Crippen molar-refractivity contribution in [2.45, 2.75) is 0 Å². The lowest BCUT2D eigenvalue weighted by atomic mass is 9.99. The van der Waals surface area contributed by atoms with Crippen LogP contribution in [-0.4, -0.2) is 52.9 Å². The van der Waals surface area contributed by atoms with Crippen LogP contribution in [0, 0.1) is 0 Å². The van der Waals surface area contributed by atoms with E-state index in [4.69, 9.17) is 37.9 Å². The van der Waals surface area contributed by atoms with E-state index in [1.165, 1.54) is 0 Å². The molecule has 0 aliphatic carbocycles. The van der Waals surface area contributed by atoms with Crippen LogP contribution < -0.4 is 37.9 Å². The molecule has 7 aromatic carbocycles. The molecule has 274 valence electrons. The maximum absolute atomic E-state index is 6.65. The lowest BCUT2D eigenvalue weighted by Gasteiger charge is -2.22. The number of benzene rings is 7. The quantitative estimate of drug-likeness (QED) is 0.0569. The first kappa shape index (κ1) is 35.8. The number of ether oxygens (including phenoxy) is 8. The van der Waals surface area contributed by atoms with Crippen molar-refractivity contribution in [2.24, 2.45) is 0 Å². The zero-order valence-corrected chi connectivity index (χ0v) is 29.9. The third kappa shape index (κ3) is 9.46. The summed E-state index contributed by atoms with van der Waals surface area (Å²) in [6.45, 7) is 2.51. The fraction of sp³-hybridized carbons (Fsp3) is 0.174. The molecular weight excluding hydrogens is 680 g/mol. The van der Waals surface area contributed by atoms with Gasteiger partial charge in [-0.3, -0.25) is 0 Å². The minimum atomic E-state index is 0.283. The van der Waals surface area contributed by atoms with Gasteiger partial charge < -0.3 is 37.9 Å². The normalized spacial score (nSPS) is 10.8. The molecule has 0 saturated heterocycles. The van der Waals surface area contributed by atoms with Gasteiger partial charge >= 0.3 is 0 Å². The van der Waals surface area contributed by atoms with Crippen LogP contribution in [0.2, 0.25) is 0 Å². The van der Waals surface area contributed by atoms with Crippen LogP contribution in [-0.2, 0) is 0 Å². The van der Waals surface area contributed by atoms with Gasteiger partial charge in [0.2, 0.25) is 0 Å². The van der Waals surface area contributed by atoms with Crippen LogP contribution in [0.5, 0.6) is 46.0 Å². The molecule has 0 radical (unpaired) electrons. The molecule has 0 atom stereocenters. The third-order valence-corrected chi connectivity index (χ3v) is 8.39. The number of rotatable bonds is 20. The number of fused-ring (bicyclic) bond motifs is 2. The van der Waals surface area contributed by atoms with E-state index in [1.807, 2.05) is 158 Å². The van der Waals surface area contributed by atoms with Crippen molar-refractivity contribution in [1.82, 2.24) is 0 Å².